The van der Waals surface area contributed by atoms with E-state index >= 15 is 0 Å². The molecule has 0 aromatic rings. The molecule has 0 bridgehead atoms. The zero-order valence-electron chi connectivity index (χ0n) is 47.0. The van der Waals surface area contributed by atoms with Crippen LogP contribution in [0.5, 0.6) is 0 Å². The summed E-state index contributed by atoms with van der Waals surface area (Å²) in [6.45, 7) is 5.82. The minimum atomic E-state index is -1.93. The van der Waals surface area contributed by atoms with Crippen LogP contribution in [-0.4, -0.2) is 89.2 Å². The number of ether oxygens (including phenoxy) is 5. The molecule has 0 amide bonds. The number of hydrogen-bond donors (Lipinski definition) is 3. The van der Waals surface area contributed by atoms with Crippen molar-refractivity contribution in [2.45, 2.75) is 276 Å². The molecule has 1 saturated heterocycles. The Morgan fingerprint density at radius 2 is 0.867 bits per heavy atom. The maximum atomic E-state index is 13.1. The van der Waals surface area contributed by atoms with Crippen molar-refractivity contribution in [3.05, 3.63) is 85.1 Å². The number of allylic oxidation sites excluding steroid dienone is 14. The summed E-state index contributed by atoms with van der Waals surface area (Å²) < 4.78 is 28.3. The summed E-state index contributed by atoms with van der Waals surface area (Å²) in [5.74, 6) is -3.24. The monoisotopic (exact) mass is 1050 g/mol. The third kappa shape index (κ3) is 40.8. The number of aliphatic hydroxyl groups is 2. The van der Waals surface area contributed by atoms with Gasteiger partial charge in [-0.15, -0.1) is 0 Å². The van der Waals surface area contributed by atoms with Gasteiger partial charge in [-0.3, -0.25) is 14.4 Å². The lowest BCUT2D eigenvalue weighted by atomic mass is 9.98. The number of aliphatic carboxylic acids is 1. The van der Waals surface area contributed by atoms with E-state index in [9.17, 15) is 34.5 Å². The molecule has 1 aliphatic rings. The van der Waals surface area contributed by atoms with Crippen LogP contribution >= 0.6 is 0 Å². The lowest BCUT2D eigenvalue weighted by Crippen LogP contribution is -2.61. The quantitative estimate of drug-likeness (QED) is 0.0228. The number of rotatable bonds is 49. The highest BCUT2D eigenvalue weighted by Crippen LogP contribution is 2.26. The fraction of sp³-hybridized carbons (Fsp3) is 0.714. The minimum Gasteiger partial charge on any atom is -0.479 e. The molecule has 6 unspecified atom stereocenters. The van der Waals surface area contributed by atoms with Gasteiger partial charge in [0.1, 0.15) is 18.8 Å². The molecule has 12 nitrogen and oxygen atoms in total. The van der Waals surface area contributed by atoms with Gasteiger partial charge in [0.15, 0.2) is 24.6 Å². The SMILES string of the molecule is CC/C=C\C/C=C\C/C=C\C/C=C\C/C=C\C/C=C\CCC(=O)OC1C(OCC(COC(=O)CCCCCCC/C=C\CCCCCC)OC(=O)CCCCCCCCCCCCCCC)OC(C(=O)O)C(O)C1O. The molecule has 3 N–H and O–H groups in total. The van der Waals surface area contributed by atoms with Gasteiger partial charge in [-0.2, -0.15) is 0 Å². The molecule has 0 saturated carbocycles. The Morgan fingerprint density at radius 1 is 0.453 bits per heavy atom. The molecule has 0 radical (unpaired) electrons. The Morgan fingerprint density at radius 3 is 1.35 bits per heavy atom. The van der Waals surface area contributed by atoms with Crippen LogP contribution in [0.2, 0.25) is 0 Å². The van der Waals surface area contributed by atoms with E-state index in [4.69, 9.17) is 23.7 Å². The normalized spacial score (nSPS) is 18.8. The van der Waals surface area contributed by atoms with Crippen LogP contribution in [0.25, 0.3) is 0 Å². The van der Waals surface area contributed by atoms with Gasteiger partial charge in [0.05, 0.1) is 6.61 Å². The number of hydrogen-bond acceptors (Lipinski definition) is 11. The van der Waals surface area contributed by atoms with Crippen LogP contribution in [0, 0.1) is 0 Å². The van der Waals surface area contributed by atoms with Crippen LogP contribution in [0.15, 0.2) is 85.1 Å². The second-order valence-corrected chi connectivity index (χ2v) is 19.9. The van der Waals surface area contributed by atoms with E-state index in [-0.39, 0.29) is 25.9 Å². The minimum absolute atomic E-state index is 0.0669. The number of carboxylic acid groups (broad SMARTS) is 1. The molecule has 12 heteroatoms. The predicted molar refractivity (Wildman–Crippen MR) is 303 cm³/mol. The first-order chi connectivity index (χ1) is 36.6. The Labute approximate surface area is 454 Å². The summed E-state index contributed by atoms with van der Waals surface area (Å²) >= 11 is 0. The van der Waals surface area contributed by atoms with E-state index in [1.165, 1.54) is 83.5 Å². The fourth-order valence-corrected chi connectivity index (χ4v) is 8.45. The molecule has 0 aromatic heterocycles. The van der Waals surface area contributed by atoms with Crippen molar-refractivity contribution in [2.75, 3.05) is 13.2 Å². The van der Waals surface area contributed by atoms with Crippen molar-refractivity contribution in [2.24, 2.45) is 0 Å². The van der Waals surface area contributed by atoms with E-state index in [0.29, 0.717) is 25.7 Å². The first-order valence-corrected chi connectivity index (χ1v) is 29.6. The van der Waals surface area contributed by atoms with Crippen LogP contribution in [0.3, 0.4) is 0 Å². The smallest absolute Gasteiger partial charge is 0.335 e. The van der Waals surface area contributed by atoms with E-state index in [1.54, 1.807) is 0 Å². The third-order valence-corrected chi connectivity index (χ3v) is 13.0. The van der Waals surface area contributed by atoms with Gasteiger partial charge in [-0.1, -0.05) is 221 Å². The van der Waals surface area contributed by atoms with Crippen LogP contribution in [0.4, 0.5) is 0 Å². The molecule has 0 aliphatic carbocycles. The van der Waals surface area contributed by atoms with Gasteiger partial charge >= 0.3 is 23.9 Å². The Bertz CT molecular complexity index is 1630. The first kappa shape index (κ1) is 68.9. The van der Waals surface area contributed by atoms with Crippen molar-refractivity contribution in [1.82, 2.24) is 0 Å². The Kier molecular flexibility index (Phi) is 46.6. The molecule has 428 valence electrons. The summed E-state index contributed by atoms with van der Waals surface area (Å²) in [6.07, 6.45) is 52.8. The average molecular weight is 1050 g/mol. The van der Waals surface area contributed by atoms with E-state index in [0.717, 1.165) is 89.9 Å². The first-order valence-electron chi connectivity index (χ1n) is 29.6. The van der Waals surface area contributed by atoms with Crippen LogP contribution < -0.4 is 0 Å². The van der Waals surface area contributed by atoms with E-state index in [1.807, 2.05) is 18.2 Å². The summed E-state index contributed by atoms with van der Waals surface area (Å²) in [6, 6.07) is 0. The zero-order valence-corrected chi connectivity index (χ0v) is 47.0. The van der Waals surface area contributed by atoms with Gasteiger partial charge in [-0.25, -0.2) is 4.79 Å². The summed E-state index contributed by atoms with van der Waals surface area (Å²) in [4.78, 5) is 51.0. The van der Waals surface area contributed by atoms with Gasteiger partial charge in [0.2, 0.25) is 0 Å². The number of carbonyl (C=O) groups excluding carboxylic acids is 3. The zero-order chi connectivity index (χ0) is 54.7. The van der Waals surface area contributed by atoms with Crippen molar-refractivity contribution in [1.29, 1.82) is 0 Å². The fourth-order valence-electron chi connectivity index (χ4n) is 8.45. The van der Waals surface area contributed by atoms with Crippen molar-refractivity contribution < 1.29 is 58.2 Å². The number of carbonyl (C=O) groups is 4. The summed E-state index contributed by atoms with van der Waals surface area (Å²) in [5, 5.41) is 31.4. The lowest BCUT2D eigenvalue weighted by molar-refractivity contribution is -0.301. The second-order valence-electron chi connectivity index (χ2n) is 19.9. The second kappa shape index (κ2) is 50.7. The summed E-state index contributed by atoms with van der Waals surface area (Å²) in [7, 11) is 0. The number of unbranched alkanes of at least 4 members (excludes halogenated alkanes) is 21. The van der Waals surface area contributed by atoms with Crippen molar-refractivity contribution in [3.8, 4) is 0 Å². The average Bonchev–Trinajstić information content (AvgIpc) is 3.39. The molecule has 75 heavy (non-hydrogen) atoms. The van der Waals surface area contributed by atoms with E-state index < -0.39 is 67.3 Å². The number of aliphatic hydroxyl groups excluding tert-OH is 2. The molecule has 1 aliphatic heterocycles. The van der Waals surface area contributed by atoms with Gasteiger partial charge < -0.3 is 39.0 Å². The Hall–Kier alpha value is -4.10. The lowest BCUT2D eigenvalue weighted by Gasteiger charge is -2.40. The Balaban J connectivity index is 2.73. The van der Waals surface area contributed by atoms with Crippen LogP contribution in [0.1, 0.15) is 239 Å². The molecular formula is C63H104O12. The highest BCUT2D eigenvalue weighted by Gasteiger charge is 2.50. The molecule has 6 atom stereocenters. The highest BCUT2D eigenvalue weighted by atomic mass is 16.7. The molecule has 1 fully saturated rings. The molecule has 0 spiro atoms. The van der Waals surface area contributed by atoms with Gasteiger partial charge in [-0.05, 0) is 83.5 Å². The third-order valence-electron chi connectivity index (χ3n) is 13.0. The molecular weight excluding hydrogens is 949 g/mol. The maximum absolute atomic E-state index is 13.1. The molecule has 1 heterocycles. The summed E-state index contributed by atoms with van der Waals surface area (Å²) in [5.41, 5.74) is 0. The topological polar surface area (TPSA) is 175 Å². The standard InChI is InChI=1S/C63H104O12/c1-4-7-10-13-16-19-22-25-26-27-28-29-30-33-36-39-42-45-48-51-57(66)74-61-59(68)58(67)60(62(69)70)75-63(61)72-53-54(73-56(65)50-47-44-41-38-35-32-24-21-18-15-12-9-6-3)52-71-55(64)49-46-43-40-37-34-31-23-20-17-14-11-8-5-2/h7,10,16,19-20,23,25-26,28-29,33,36,42,45,54,58-61,63,67-68H,4-6,8-9,11-15,17-18,21-22,24,27,30-32,34-35,37-41,43-44,46-53H2,1-3H3,(H,69,70)/b10-7-,19-16-,23-20-,26-25-,29-28-,36-33-,45-42-. The van der Waals surface area contributed by atoms with E-state index in [2.05, 4.69) is 87.6 Å². The maximum Gasteiger partial charge on any atom is 0.335 e. The van der Waals surface area contributed by atoms with Gasteiger partial charge in [0, 0.05) is 19.3 Å². The van der Waals surface area contributed by atoms with Crippen LogP contribution in [-0.2, 0) is 42.9 Å². The molecule has 1 rings (SSSR count). The van der Waals surface area contributed by atoms with Crippen molar-refractivity contribution >= 4 is 23.9 Å². The highest BCUT2D eigenvalue weighted by molar-refractivity contribution is 5.74. The molecule has 0 aromatic carbocycles. The largest absolute Gasteiger partial charge is 0.479 e. The number of esters is 3. The van der Waals surface area contributed by atoms with Gasteiger partial charge in [0.25, 0.3) is 0 Å². The van der Waals surface area contributed by atoms with Crippen molar-refractivity contribution in [3.63, 3.8) is 0 Å². The predicted octanol–water partition coefficient (Wildman–Crippen LogP) is 15.1. The number of carboxylic acids is 1.